The Morgan fingerprint density at radius 1 is 1.11 bits per heavy atom. The largest absolute Gasteiger partial charge is 0.378 e. The first-order valence-electron chi connectivity index (χ1n) is 11.0. The van der Waals surface area contributed by atoms with E-state index in [0.717, 1.165) is 6.07 Å². The fourth-order valence-corrected chi connectivity index (χ4v) is 3.87. The highest BCUT2D eigenvalue weighted by Gasteiger charge is 2.21. The summed E-state index contributed by atoms with van der Waals surface area (Å²) in [7, 11) is 1.73. The van der Waals surface area contributed by atoms with Crippen LogP contribution < -0.4 is 10.9 Å². The molecule has 4 aromatic rings. The van der Waals surface area contributed by atoms with Crippen molar-refractivity contribution in [3.63, 3.8) is 0 Å². The van der Waals surface area contributed by atoms with Gasteiger partial charge in [-0.15, -0.1) is 0 Å². The summed E-state index contributed by atoms with van der Waals surface area (Å²) in [4.78, 5) is 24.0. The molecule has 0 aliphatic rings. The average molecular weight is 475 g/mol. The third-order valence-electron chi connectivity index (χ3n) is 5.42. The molecule has 0 spiro atoms. The molecule has 0 amide bonds. The van der Waals surface area contributed by atoms with Crippen LogP contribution in [0.1, 0.15) is 36.8 Å². The summed E-state index contributed by atoms with van der Waals surface area (Å²) in [6.07, 6.45) is 1.59. The maximum Gasteiger partial charge on any atom is 0.258 e. The van der Waals surface area contributed by atoms with Gasteiger partial charge in [0.1, 0.15) is 22.9 Å². The standard InChI is InChI=1S/C27H24F2N4O2/c1-27(2,35)10-9-19-7-8-21(20-5-4-6-22-24(20)31-15-32-26(22)34)25(33-19)23(30-3)13-16-11-17(28)14-18(29)12-16/h4-8,11-12,14-15,23,30,35H,13H2,1-3H3,(H,31,32,34). The van der Waals surface area contributed by atoms with Gasteiger partial charge in [-0.25, -0.2) is 18.7 Å². The van der Waals surface area contributed by atoms with Crippen LogP contribution >= 0.6 is 0 Å². The zero-order valence-corrected chi connectivity index (χ0v) is 19.5. The molecule has 178 valence electrons. The number of nitrogens with zero attached hydrogens (tertiary/aromatic N) is 2. The van der Waals surface area contributed by atoms with Crippen LogP contribution in [0.4, 0.5) is 8.78 Å². The Morgan fingerprint density at radius 3 is 2.54 bits per heavy atom. The molecular weight excluding hydrogens is 450 g/mol. The highest BCUT2D eigenvalue weighted by molar-refractivity contribution is 5.93. The number of para-hydroxylation sites is 1. The molecule has 0 aliphatic carbocycles. The summed E-state index contributed by atoms with van der Waals surface area (Å²) >= 11 is 0. The van der Waals surface area contributed by atoms with Crippen LogP contribution in [0.2, 0.25) is 0 Å². The molecular formula is C27H24F2N4O2. The van der Waals surface area contributed by atoms with E-state index in [2.05, 4.69) is 27.1 Å². The highest BCUT2D eigenvalue weighted by atomic mass is 19.1. The molecule has 4 rings (SSSR count). The number of nitrogens with one attached hydrogen (secondary N) is 2. The highest BCUT2D eigenvalue weighted by Crippen LogP contribution is 2.32. The smallest absolute Gasteiger partial charge is 0.258 e. The van der Waals surface area contributed by atoms with Crippen LogP contribution in [-0.2, 0) is 6.42 Å². The molecule has 1 unspecified atom stereocenters. The molecule has 2 aromatic heterocycles. The van der Waals surface area contributed by atoms with Crippen molar-refractivity contribution in [3.8, 4) is 23.0 Å². The lowest BCUT2D eigenvalue weighted by atomic mass is 9.94. The Morgan fingerprint density at radius 2 is 1.86 bits per heavy atom. The summed E-state index contributed by atoms with van der Waals surface area (Å²) in [5.41, 5.74) is 1.85. The van der Waals surface area contributed by atoms with Crippen LogP contribution in [-0.4, -0.2) is 32.7 Å². The van der Waals surface area contributed by atoms with E-state index in [1.54, 1.807) is 39.1 Å². The quantitative estimate of drug-likeness (QED) is 0.382. The SMILES string of the molecule is CNC(Cc1cc(F)cc(F)c1)c1nc(C#CC(C)(C)O)ccc1-c1cccc2c(=O)[nH]cnc12. The molecule has 0 saturated carbocycles. The molecule has 0 aliphatic heterocycles. The maximum atomic E-state index is 13.9. The molecule has 6 nitrogen and oxygen atoms in total. The molecule has 1 atom stereocenters. The van der Waals surface area contributed by atoms with Crippen LogP contribution in [0.25, 0.3) is 22.0 Å². The molecule has 2 aromatic carbocycles. The molecule has 0 bridgehead atoms. The first-order valence-corrected chi connectivity index (χ1v) is 11.0. The van der Waals surface area contributed by atoms with Crippen molar-refractivity contribution in [1.29, 1.82) is 0 Å². The van der Waals surface area contributed by atoms with Gasteiger partial charge in [0.25, 0.3) is 5.56 Å². The molecule has 8 heteroatoms. The minimum atomic E-state index is -1.21. The summed E-state index contributed by atoms with van der Waals surface area (Å²) in [5.74, 6) is 4.31. The van der Waals surface area contributed by atoms with Crippen molar-refractivity contribution < 1.29 is 13.9 Å². The zero-order valence-electron chi connectivity index (χ0n) is 19.5. The second kappa shape index (κ2) is 9.74. The van der Waals surface area contributed by atoms with E-state index in [0.29, 0.717) is 39.0 Å². The number of aliphatic hydroxyl groups is 1. The minimum Gasteiger partial charge on any atom is -0.378 e. The topological polar surface area (TPSA) is 90.9 Å². The van der Waals surface area contributed by atoms with Crippen LogP contribution in [0.3, 0.4) is 0 Å². The Labute approximate surface area is 201 Å². The monoisotopic (exact) mass is 474 g/mol. The second-order valence-corrected chi connectivity index (χ2v) is 8.69. The van der Waals surface area contributed by atoms with Gasteiger partial charge in [0.2, 0.25) is 0 Å². The molecule has 0 radical (unpaired) electrons. The van der Waals surface area contributed by atoms with E-state index in [1.807, 2.05) is 12.1 Å². The lowest BCUT2D eigenvalue weighted by molar-refractivity contribution is 0.143. The van der Waals surface area contributed by atoms with Gasteiger partial charge in [0.15, 0.2) is 0 Å². The fourth-order valence-electron chi connectivity index (χ4n) is 3.87. The zero-order chi connectivity index (χ0) is 25.2. The van der Waals surface area contributed by atoms with Gasteiger partial charge in [-0.2, -0.15) is 0 Å². The van der Waals surface area contributed by atoms with Crippen LogP contribution in [0.15, 0.2) is 59.7 Å². The number of aromatic nitrogens is 3. The van der Waals surface area contributed by atoms with Crippen molar-refractivity contribution in [2.24, 2.45) is 0 Å². The Kier molecular flexibility index (Phi) is 6.74. The van der Waals surface area contributed by atoms with Crippen molar-refractivity contribution in [2.75, 3.05) is 7.05 Å². The molecule has 0 saturated heterocycles. The van der Waals surface area contributed by atoms with Crippen molar-refractivity contribution in [2.45, 2.75) is 31.9 Å². The lowest BCUT2D eigenvalue weighted by Gasteiger charge is -2.20. The first-order chi connectivity index (χ1) is 16.6. The third kappa shape index (κ3) is 5.60. The van der Waals surface area contributed by atoms with Crippen molar-refractivity contribution in [1.82, 2.24) is 20.3 Å². The predicted octanol–water partition coefficient (Wildman–Crippen LogP) is 3.89. The normalized spacial score (nSPS) is 12.3. The number of likely N-dealkylation sites (N-methyl/N-ethyl adjacent to an activating group) is 1. The number of benzene rings is 2. The van der Waals surface area contributed by atoms with E-state index >= 15 is 0 Å². The molecule has 3 N–H and O–H groups in total. The van der Waals surface area contributed by atoms with E-state index in [1.165, 1.54) is 18.5 Å². The van der Waals surface area contributed by atoms with Gasteiger partial charge >= 0.3 is 0 Å². The fraction of sp³-hybridized carbons (Fsp3) is 0.222. The second-order valence-electron chi connectivity index (χ2n) is 8.69. The van der Waals surface area contributed by atoms with E-state index in [4.69, 9.17) is 4.98 Å². The van der Waals surface area contributed by atoms with Gasteiger partial charge < -0.3 is 15.4 Å². The first kappa shape index (κ1) is 24.2. The summed E-state index contributed by atoms with van der Waals surface area (Å²) in [6.45, 7) is 3.15. The third-order valence-corrected chi connectivity index (χ3v) is 5.42. The van der Waals surface area contributed by atoms with Gasteiger partial charge in [0, 0.05) is 17.2 Å². The number of pyridine rings is 1. The Bertz CT molecular complexity index is 1490. The molecule has 2 heterocycles. The predicted molar refractivity (Wildman–Crippen MR) is 131 cm³/mol. The van der Waals surface area contributed by atoms with Crippen LogP contribution in [0.5, 0.6) is 0 Å². The number of aromatic amines is 1. The van der Waals surface area contributed by atoms with Gasteiger partial charge in [-0.1, -0.05) is 18.1 Å². The lowest BCUT2D eigenvalue weighted by Crippen LogP contribution is -2.22. The average Bonchev–Trinajstić information content (AvgIpc) is 2.80. The Hall–Kier alpha value is -3.93. The van der Waals surface area contributed by atoms with E-state index < -0.39 is 23.3 Å². The number of hydrogen-bond acceptors (Lipinski definition) is 5. The number of hydrogen-bond donors (Lipinski definition) is 3. The van der Waals surface area contributed by atoms with Crippen LogP contribution in [0, 0.1) is 23.5 Å². The molecule has 35 heavy (non-hydrogen) atoms. The number of rotatable bonds is 5. The van der Waals surface area contributed by atoms with Crippen molar-refractivity contribution >= 4 is 10.9 Å². The summed E-state index contributed by atoms with van der Waals surface area (Å²) in [6, 6.07) is 11.8. The number of fused-ring (bicyclic) bond motifs is 1. The van der Waals surface area contributed by atoms with Gasteiger partial charge in [0.05, 0.1) is 29.0 Å². The maximum absolute atomic E-state index is 13.9. The van der Waals surface area contributed by atoms with Gasteiger partial charge in [-0.3, -0.25) is 4.79 Å². The summed E-state index contributed by atoms with van der Waals surface area (Å²) < 4.78 is 27.7. The Balaban J connectivity index is 1.91. The summed E-state index contributed by atoms with van der Waals surface area (Å²) in [5, 5.41) is 13.6. The van der Waals surface area contributed by atoms with E-state index in [-0.39, 0.29) is 12.0 Å². The van der Waals surface area contributed by atoms with Gasteiger partial charge in [-0.05, 0) is 69.1 Å². The van der Waals surface area contributed by atoms with Crippen molar-refractivity contribution in [3.05, 3.63) is 93.8 Å². The van der Waals surface area contributed by atoms with E-state index in [9.17, 15) is 18.7 Å². The number of H-pyrrole nitrogens is 1. The molecule has 0 fully saturated rings. The number of halogens is 2. The minimum absolute atomic E-state index is 0.242.